The molecule has 0 amide bonds. The highest BCUT2D eigenvalue weighted by atomic mass is 15.2. The molecule has 1 aliphatic heterocycles. The minimum atomic E-state index is 0.921. The van der Waals surface area contributed by atoms with E-state index in [0.29, 0.717) is 0 Å². The highest BCUT2D eigenvalue weighted by Gasteiger charge is 2.16. The van der Waals surface area contributed by atoms with Crippen molar-refractivity contribution in [1.82, 2.24) is 0 Å². The first-order valence-corrected chi connectivity index (χ1v) is 5.55. The van der Waals surface area contributed by atoms with Gasteiger partial charge in [-0.15, -0.1) is 0 Å². The number of hydrogen-bond donors (Lipinski definition) is 0. The quantitative estimate of drug-likeness (QED) is 0.727. The summed E-state index contributed by atoms with van der Waals surface area (Å²) in [4.78, 5) is 0. The Bertz CT molecular complexity index is 556. The molecule has 2 aromatic rings. The van der Waals surface area contributed by atoms with Crippen molar-refractivity contribution in [2.24, 2.45) is 10.2 Å². The molecular weight excluding hydrogens is 208 g/mol. The van der Waals surface area contributed by atoms with Gasteiger partial charge in [-0.25, -0.2) is 0 Å². The van der Waals surface area contributed by atoms with Gasteiger partial charge in [0.25, 0.3) is 0 Å². The molecule has 2 aromatic carbocycles. The lowest BCUT2D eigenvalue weighted by atomic mass is 10.1. The van der Waals surface area contributed by atoms with Crippen molar-refractivity contribution in [2.45, 2.75) is 0 Å². The van der Waals surface area contributed by atoms with E-state index in [-0.39, 0.29) is 0 Å². The highest BCUT2D eigenvalue weighted by Crippen LogP contribution is 2.30. The molecule has 0 atom stereocenters. The summed E-state index contributed by atoms with van der Waals surface area (Å²) in [6, 6.07) is 21.1. The molecule has 2 nitrogen and oxygen atoms in total. The van der Waals surface area contributed by atoms with Crippen molar-refractivity contribution in [3.63, 3.8) is 0 Å². The van der Waals surface area contributed by atoms with Gasteiger partial charge in [-0.3, -0.25) is 0 Å². The van der Waals surface area contributed by atoms with Crippen molar-refractivity contribution >= 4 is 5.70 Å². The summed E-state index contributed by atoms with van der Waals surface area (Å²) >= 11 is 0. The van der Waals surface area contributed by atoms with Crippen molar-refractivity contribution in [1.29, 1.82) is 0 Å². The molecular formula is C15H11N2. The maximum Gasteiger partial charge on any atom is 0.162 e. The van der Waals surface area contributed by atoms with Crippen LogP contribution in [0.15, 0.2) is 77.0 Å². The molecule has 0 saturated heterocycles. The topological polar surface area (TPSA) is 24.7 Å². The van der Waals surface area contributed by atoms with Gasteiger partial charge >= 0.3 is 0 Å². The van der Waals surface area contributed by atoms with E-state index < -0.39 is 0 Å². The monoisotopic (exact) mass is 219 g/mol. The lowest BCUT2D eigenvalue weighted by molar-refractivity contribution is 1.11. The number of nitrogens with zero attached hydrogens (tertiary/aromatic N) is 2. The third-order valence-corrected chi connectivity index (χ3v) is 2.68. The normalized spacial score (nSPS) is 14.9. The zero-order valence-electron chi connectivity index (χ0n) is 9.25. The van der Waals surface area contributed by atoms with Crippen LogP contribution in [0.2, 0.25) is 0 Å². The number of benzene rings is 2. The smallest absolute Gasteiger partial charge is 0.162 e. The molecule has 0 aromatic heterocycles. The minimum Gasteiger partial charge on any atom is -0.169 e. The Hall–Kier alpha value is -2.22. The summed E-state index contributed by atoms with van der Waals surface area (Å²) in [6.07, 6.45) is 2.02. The second-order valence-electron chi connectivity index (χ2n) is 3.85. The Morgan fingerprint density at radius 2 is 1.18 bits per heavy atom. The number of hydrogen-bond acceptors (Lipinski definition) is 2. The average Bonchev–Trinajstić information content (AvgIpc) is 2.90. The standard InChI is InChI=1S/C15H11N2/c1-3-7-12(8-4-1)14-11-15(17-16-14)13-9-5-2-6-10-13/h1-11H. The van der Waals surface area contributed by atoms with Gasteiger partial charge in [0, 0.05) is 5.56 Å². The van der Waals surface area contributed by atoms with Crippen LogP contribution in [0.4, 0.5) is 0 Å². The first kappa shape index (κ1) is 9.97. The van der Waals surface area contributed by atoms with Crippen LogP contribution >= 0.6 is 0 Å². The van der Waals surface area contributed by atoms with Crippen molar-refractivity contribution in [3.8, 4) is 0 Å². The van der Waals surface area contributed by atoms with E-state index in [1.807, 2.05) is 66.7 Å². The summed E-state index contributed by atoms with van der Waals surface area (Å²) in [5.74, 6) is 0. The summed E-state index contributed by atoms with van der Waals surface area (Å²) in [6.45, 7) is 0. The first-order valence-electron chi connectivity index (χ1n) is 5.55. The zero-order valence-corrected chi connectivity index (χ0v) is 9.25. The van der Waals surface area contributed by atoms with Gasteiger partial charge in [-0.1, -0.05) is 60.7 Å². The highest BCUT2D eigenvalue weighted by molar-refractivity contribution is 5.69. The molecule has 1 aliphatic rings. The predicted octanol–water partition coefficient (Wildman–Crippen LogP) is 4.07. The van der Waals surface area contributed by atoms with E-state index in [4.69, 9.17) is 0 Å². The van der Waals surface area contributed by atoms with Gasteiger partial charge in [0.05, 0.1) is 5.70 Å². The summed E-state index contributed by atoms with van der Waals surface area (Å²) in [5, 5.41) is 8.43. The molecule has 0 aliphatic carbocycles. The molecule has 0 bridgehead atoms. The van der Waals surface area contributed by atoms with Crippen molar-refractivity contribution < 1.29 is 0 Å². The molecule has 81 valence electrons. The van der Waals surface area contributed by atoms with Crippen LogP contribution in [0.3, 0.4) is 0 Å². The Morgan fingerprint density at radius 3 is 1.82 bits per heavy atom. The van der Waals surface area contributed by atoms with E-state index >= 15 is 0 Å². The molecule has 17 heavy (non-hydrogen) atoms. The van der Waals surface area contributed by atoms with Gasteiger partial charge in [0.2, 0.25) is 0 Å². The van der Waals surface area contributed by atoms with Crippen LogP contribution in [-0.2, 0) is 0 Å². The predicted molar refractivity (Wildman–Crippen MR) is 68.1 cm³/mol. The van der Waals surface area contributed by atoms with Crippen molar-refractivity contribution in [2.75, 3.05) is 0 Å². The van der Waals surface area contributed by atoms with E-state index in [1.54, 1.807) is 0 Å². The number of azo groups is 1. The van der Waals surface area contributed by atoms with Crippen LogP contribution < -0.4 is 0 Å². The molecule has 1 radical (unpaired) electrons. The first-order chi connectivity index (χ1) is 8.43. The zero-order chi connectivity index (χ0) is 11.5. The van der Waals surface area contributed by atoms with Gasteiger partial charge in [0.15, 0.2) is 6.04 Å². The second-order valence-corrected chi connectivity index (χ2v) is 3.85. The maximum atomic E-state index is 4.21. The molecule has 0 fully saturated rings. The molecule has 0 unspecified atom stereocenters. The molecule has 0 saturated carbocycles. The Labute approximate surface area is 100 Å². The van der Waals surface area contributed by atoms with Crippen LogP contribution in [-0.4, -0.2) is 0 Å². The minimum absolute atomic E-state index is 0.921. The fraction of sp³-hybridized carbons (Fsp3) is 0. The van der Waals surface area contributed by atoms with Crippen LogP contribution in [0.5, 0.6) is 0 Å². The lowest BCUT2D eigenvalue weighted by Crippen LogP contribution is -1.88. The van der Waals surface area contributed by atoms with Gasteiger partial charge in [-0.05, 0) is 11.6 Å². The molecule has 0 spiro atoms. The third-order valence-electron chi connectivity index (χ3n) is 2.68. The lowest BCUT2D eigenvalue weighted by Gasteiger charge is -2.00. The van der Waals surface area contributed by atoms with Crippen LogP contribution in [0.25, 0.3) is 5.70 Å². The van der Waals surface area contributed by atoms with Gasteiger partial charge in [0.1, 0.15) is 0 Å². The third kappa shape index (κ3) is 2.02. The largest absolute Gasteiger partial charge is 0.169 e. The van der Waals surface area contributed by atoms with E-state index in [9.17, 15) is 0 Å². The summed E-state index contributed by atoms with van der Waals surface area (Å²) < 4.78 is 0. The summed E-state index contributed by atoms with van der Waals surface area (Å²) in [5.41, 5.74) is 3.12. The van der Waals surface area contributed by atoms with E-state index in [2.05, 4.69) is 10.2 Å². The fourth-order valence-corrected chi connectivity index (χ4v) is 1.79. The molecule has 2 heteroatoms. The molecule has 0 N–H and O–H groups in total. The summed E-state index contributed by atoms with van der Waals surface area (Å²) in [7, 11) is 0. The van der Waals surface area contributed by atoms with Crippen LogP contribution in [0, 0.1) is 6.04 Å². The Kier molecular flexibility index (Phi) is 2.54. The van der Waals surface area contributed by atoms with Gasteiger partial charge in [-0.2, -0.15) is 10.2 Å². The average molecular weight is 219 g/mol. The maximum absolute atomic E-state index is 4.21. The van der Waals surface area contributed by atoms with Crippen molar-refractivity contribution in [3.05, 3.63) is 83.9 Å². The Balaban J connectivity index is 1.91. The van der Waals surface area contributed by atoms with E-state index in [1.165, 1.54) is 0 Å². The second kappa shape index (κ2) is 4.34. The van der Waals surface area contributed by atoms with Gasteiger partial charge < -0.3 is 0 Å². The number of rotatable bonds is 2. The fourth-order valence-electron chi connectivity index (χ4n) is 1.79. The van der Waals surface area contributed by atoms with Crippen LogP contribution in [0.1, 0.15) is 11.1 Å². The van der Waals surface area contributed by atoms with E-state index in [0.717, 1.165) is 22.9 Å². The Morgan fingerprint density at radius 1 is 0.588 bits per heavy atom. The SMILES string of the molecule is C1=C(c2ccccc2)N=N[C]1c1ccccc1. The molecule has 3 rings (SSSR count). The molecule has 1 heterocycles.